The van der Waals surface area contributed by atoms with Gasteiger partial charge < -0.3 is 19.5 Å². The second-order valence-corrected chi connectivity index (χ2v) is 10.1. The summed E-state index contributed by atoms with van der Waals surface area (Å²) in [5, 5.41) is 2.45. The van der Waals surface area contributed by atoms with Crippen molar-refractivity contribution in [3.05, 3.63) is 83.7 Å². The first-order valence-corrected chi connectivity index (χ1v) is 13.8. The number of nitrogens with one attached hydrogen (secondary N) is 1. The van der Waals surface area contributed by atoms with E-state index in [4.69, 9.17) is 14.2 Å². The van der Waals surface area contributed by atoms with E-state index in [1.54, 1.807) is 56.4 Å². The molecule has 0 saturated carbocycles. The Morgan fingerprint density at radius 3 is 2.37 bits per heavy atom. The molecule has 0 bridgehead atoms. The standard InChI is InChI=1S/C30H30FN3O6S/c1-4-40-29(37)20-6-10-23(11-7-20)33-30-34(16-15-19-5-14-24(38-2)25(17-19)39-3)28(36)26(41-30)18-27(35)32-22-12-8-21(31)9-13-22/h5-14,17,26H,4,15-16,18H2,1-3H3,(H,32,35)/t26-/m1/s1. The van der Waals surface area contributed by atoms with Crippen LogP contribution in [0.25, 0.3) is 0 Å². The van der Waals surface area contributed by atoms with Crippen molar-refractivity contribution >= 4 is 46.1 Å². The zero-order valence-electron chi connectivity index (χ0n) is 22.9. The van der Waals surface area contributed by atoms with Crippen LogP contribution in [0.2, 0.25) is 0 Å². The summed E-state index contributed by atoms with van der Waals surface area (Å²) in [6.45, 7) is 2.32. The second-order valence-electron chi connectivity index (χ2n) is 8.96. The van der Waals surface area contributed by atoms with Crippen LogP contribution in [0.3, 0.4) is 0 Å². The highest BCUT2D eigenvalue weighted by atomic mass is 32.2. The molecule has 1 aliphatic rings. The number of anilines is 1. The minimum Gasteiger partial charge on any atom is -0.493 e. The van der Waals surface area contributed by atoms with Gasteiger partial charge in [0, 0.05) is 18.7 Å². The summed E-state index contributed by atoms with van der Waals surface area (Å²) >= 11 is 1.20. The van der Waals surface area contributed by atoms with E-state index >= 15 is 0 Å². The third-order valence-electron chi connectivity index (χ3n) is 6.19. The molecule has 4 rings (SSSR count). The van der Waals surface area contributed by atoms with Gasteiger partial charge in [-0.2, -0.15) is 0 Å². The average Bonchev–Trinajstić information content (AvgIpc) is 3.26. The molecule has 3 aromatic carbocycles. The highest BCUT2D eigenvalue weighted by Crippen LogP contribution is 2.33. The minimum atomic E-state index is -0.696. The molecule has 0 aliphatic carbocycles. The summed E-state index contributed by atoms with van der Waals surface area (Å²) in [6.07, 6.45) is 0.413. The van der Waals surface area contributed by atoms with Crippen LogP contribution >= 0.6 is 11.8 Å². The van der Waals surface area contributed by atoms with Crippen molar-refractivity contribution in [1.29, 1.82) is 0 Å². The zero-order valence-corrected chi connectivity index (χ0v) is 23.7. The van der Waals surface area contributed by atoms with Gasteiger partial charge in [0.2, 0.25) is 11.8 Å². The number of amides is 2. The van der Waals surface area contributed by atoms with Gasteiger partial charge in [0.15, 0.2) is 16.7 Å². The number of nitrogens with zero attached hydrogens (tertiary/aromatic N) is 2. The quantitative estimate of drug-likeness (QED) is 0.310. The van der Waals surface area contributed by atoms with E-state index in [9.17, 15) is 18.8 Å². The summed E-state index contributed by atoms with van der Waals surface area (Å²) in [5.74, 6) is -0.275. The first-order chi connectivity index (χ1) is 19.8. The number of carbonyl (C=O) groups excluding carboxylic acids is 3. The average molecular weight is 580 g/mol. The van der Waals surface area contributed by atoms with E-state index in [0.29, 0.717) is 46.6 Å². The molecule has 0 unspecified atom stereocenters. The van der Waals surface area contributed by atoms with Gasteiger partial charge in [-0.05, 0) is 79.6 Å². The van der Waals surface area contributed by atoms with E-state index in [2.05, 4.69) is 10.3 Å². The van der Waals surface area contributed by atoms with Crippen LogP contribution in [-0.4, -0.2) is 60.5 Å². The van der Waals surface area contributed by atoms with Gasteiger partial charge in [-0.1, -0.05) is 17.8 Å². The van der Waals surface area contributed by atoms with Gasteiger partial charge in [0.05, 0.1) is 32.1 Å². The summed E-state index contributed by atoms with van der Waals surface area (Å²) in [4.78, 5) is 44.5. The van der Waals surface area contributed by atoms with E-state index in [1.807, 2.05) is 12.1 Å². The number of hydrogen-bond acceptors (Lipinski definition) is 8. The number of thioether (sulfide) groups is 1. The maximum absolute atomic E-state index is 13.5. The molecule has 9 nitrogen and oxygen atoms in total. The number of aliphatic imine (C=N–C) groups is 1. The molecule has 0 aromatic heterocycles. The summed E-state index contributed by atoms with van der Waals surface area (Å²) in [5.41, 5.74) is 2.30. The zero-order chi connectivity index (χ0) is 29.4. The number of esters is 1. The molecule has 11 heteroatoms. The maximum Gasteiger partial charge on any atom is 0.338 e. The Hall–Kier alpha value is -4.38. The lowest BCUT2D eigenvalue weighted by atomic mass is 10.1. The number of benzene rings is 3. The monoisotopic (exact) mass is 579 g/mol. The van der Waals surface area contributed by atoms with Crippen LogP contribution < -0.4 is 14.8 Å². The largest absolute Gasteiger partial charge is 0.493 e. The number of rotatable bonds is 11. The van der Waals surface area contributed by atoms with E-state index in [-0.39, 0.29) is 24.8 Å². The van der Waals surface area contributed by atoms with Crippen LogP contribution in [0.4, 0.5) is 15.8 Å². The van der Waals surface area contributed by atoms with Crippen molar-refractivity contribution in [1.82, 2.24) is 4.90 Å². The fraction of sp³-hybridized carbons (Fsp3) is 0.267. The predicted molar refractivity (Wildman–Crippen MR) is 155 cm³/mol. The number of amidine groups is 1. The Labute approximate surface area is 241 Å². The Bertz CT molecular complexity index is 1430. The Morgan fingerprint density at radius 1 is 1.00 bits per heavy atom. The molecule has 1 heterocycles. The van der Waals surface area contributed by atoms with Crippen molar-refractivity contribution in [2.75, 3.05) is 32.7 Å². The van der Waals surface area contributed by atoms with Crippen LogP contribution in [0.1, 0.15) is 29.3 Å². The molecule has 3 aromatic rings. The SMILES string of the molecule is CCOC(=O)c1ccc(N=C2S[C@H](CC(=O)Nc3ccc(F)cc3)C(=O)N2CCc2ccc(OC)c(OC)c2)cc1. The first-order valence-electron chi connectivity index (χ1n) is 12.9. The van der Waals surface area contributed by atoms with Crippen molar-refractivity contribution in [3.63, 3.8) is 0 Å². The highest BCUT2D eigenvalue weighted by molar-refractivity contribution is 8.15. The van der Waals surface area contributed by atoms with Gasteiger partial charge >= 0.3 is 5.97 Å². The number of carbonyl (C=O) groups is 3. The predicted octanol–water partition coefficient (Wildman–Crippen LogP) is 5.22. The highest BCUT2D eigenvalue weighted by Gasteiger charge is 2.39. The molecule has 214 valence electrons. The topological polar surface area (TPSA) is 107 Å². The smallest absolute Gasteiger partial charge is 0.338 e. The number of methoxy groups -OCH3 is 2. The second kappa shape index (κ2) is 13.8. The van der Waals surface area contributed by atoms with Gasteiger partial charge in [-0.3, -0.25) is 14.5 Å². The maximum atomic E-state index is 13.5. The molecule has 1 aliphatic heterocycles. The molecular formula is C30H30FN3O6S. The summed E-state index contributed by atoms with van der Waals surface area (Å²) in [7, 11) is 3.12. The minimum absolute atomic E-state index is 0.0887. The van der Waals surface area contributed by atoms with E-state index in [1.165, 1.54) is 36.0 Å². The van der Waals surface area contributed by atoms with Gasteiger partial charge in [-0.25, -0.2) is 14.2 Å². The summed E-state index contributed by atoms with van der Waals surface area (Å²) < 4.78 is 29.0. The third-order valence-corrected chi connectivity index (χ3v) is 7.37. The van der Waals surface area contributed by atoms with Crippen LogP contribution in [0.15, 0.2) is 71.7 Å². The molecule has 2 amide bonds. The number of halogens is 1. The Balaban J connectivity index is 1.53. The Morgan fingerprint density at radius 2 is 1.71 bits per heavy atom. The lowest BCUT2D eigenvalue weighted by Gasteiger charge is -2.17. The van der Waals surface area contributed by atoms with Crippen LogP contribution in [0, 0.1) is 5.82 Å². The molecule has 1 N–H and O–H groups in total. The third kappa shape index (κ3) is 7.63. The van der Waals surface area contributed by atoms with Crippen molar-refractivity contribution in [2.45, 2.75) is 25.0 Å². The van der Waals surface area contributed by atoms with E-state index in [0.717, 1.165) is 5.56 Å². The lowest BCUT2D eigenvalue weighted by Crippen LogP contribution is -2.35. The van der Waals surface area contributed by atoms with Crippen molar-refractivity contribution < 1.29 is 33.0 Å². The molecule has 1 saturated heterocycles. The Kier molecular flexibility index (Phi) is 9.96. The molecule has 1 fully saturated rings. The number of hydrogen-bond donors (Lipinski definition) is 1. The molecule has 0 spiro atoms. The fourth-order valence-corrected chi connectivity index (χ4v) is 5.30. The van der Waals surface area contributed by atoms with Gasteiger partial charge in [0.25, 0.3) is 0 Å². The normalized spacial score (nSPS) is 15.6. The summed E-state index contributed by atoms with van der Waals surface area (Å²) in [6, 6.07) is 17.5. The molecule has 0 radical (unpaired) electrons. The fourth-order valence-electron chi connectivity index (χ4n) is 4.12. The van der Waals surface area contributed by atoms with Gasteiger partial charge in [-0.15, -0.1) is 0 Å². The van der Waals surface area contributed by atoms with Crippen LogP contribution in [0.5, 0.6) is 11.5 Å². The first kappa shape index (κ1) is 29.6. The van der Waals surface area contributed by atoms with E-state index < -0.39 is 17.0 Å². The molecule has 41 heavy (non-hydrogen) atoms. The molecular weight excluding hydrogens is 549 g/mol. The molecule has 1 atom stereocenters. The van der Waals surface area contributed by atoms with Crippen LogP contribution in [-0.2, 0) is 20.7 Å². The number of ether oxygens (including phenoxy) is 3. The van der Waals surface area contributed by atoms with Crippen molar-refractivity contribution in [3.8, 4) is 11.5 Å². The van der Waals surface area contributed by atoms with Gasteiger partial charge in [0.1, 0.15) is 11.1 Å². The lowest BCUT2D eigenvalue weighted by molar-refractivity contribution is -0.128. The van der Waals surface area contributed by atoms with Crippen molar-refractivity contribution in [2.24, 2.45) is 4.99 Å².